The average Bonchev–Trinajstić information content (AvgIpc) is 2.20. The molecule has 4 nitrogen and oxygen atoms in total. The summed E-state index contributed by atoms with van der Waals surface area (Å²) in [5, 5.41) is 3.75. The van der Waals surface area contributed by atoms with Crippen LogP contribution in [0.1, 0.15) is 6.92 Å². The molecule has 0 amide bonds. The molecule has 0 aliphatic heterocycles. The van der Waals surface area contributed by atoms with Crippen molar-refractivity contribution in [3.8, 4) is 0 Å². The highest BCUT2D eigenvalue weighted by atomic mass is 16.2. The number of hydrogen-bond donors (Lipinski definition) is 0. The summed E-state index contributed by atoms with van der Waals surface area (Å²) in [6.07, 6.45) is 4.92. The van der Waals surface area contributed by atoms with Crippen molar-refractivity contribution in [3.63, 3.8) is 0 Å². The third kappa shape index (κ3) is 1.00. The molecule has 0 bridgehead atoms. The molecule has 0 N–H and O–H groups in total. The standard InChI is InChI=1S/C6H9N3O/c1-3-4-9-5-7-8(2)6(9)10/h3-5H,1-2H3/b4-3-. The van der Waals surface area contributed by atoms with Crippen molar-refractivity contribution in [2.45, 2.75) is 6.92 Å². The Bertz CT molecular complexity index is 294. The van der Waals surface area contributed by atoms with E-state index in [0.717, 1.165) is 0 Å². The van der Waals surface area contributed by atoms with E-state index < -0.39 is 0 Å². The first-order valence-electron chi connectivity index (χ1n) is 2.98. The summed E-state index contributed by atoms with van der Waals surface area (Å²) in [6, 6.07) is 0. The number of hydrogen-bond acceptors (Lipinski definition) is 2. The summed E-state index contributed by atoms with van der Waals surface area (Å²) in [6.45, 7) is 1.85. The van der Waals surface area contributed by atoms with Crippen molar-refractivity contribution in [2.24, 2.45) is 7.05 Å². The van der Waals surface area contributed by atoms with E-state index in [9.17, 15) is 4.79 Å². The first-order chi connectivity index (χ1) is 4.75. The first-order valence-corrected chi connectivity index (χ1v) is 2.98. The van der Waals surface area contributed by atoms with Gasteiger partial charge in [0.25, 0.3) is 0 Å². The molecule has 0 unspecified atom stereocenters. The SMILES string of the molecule is C/C=C\n1cnn(C)c1=O. The van der Waals surface area contributed by atoms with Gasteiger partial charge in [-0.05, 0) is 6.92 Å². The Morgan fingerprint density at radius 2 is 2.40 bits per heavy atom. The van der Waals surface area contributed by atoms with Crippen molar-refractivity contribution in [1.29, 1.82) is 0 Å². The second kappa shape index (κ2) is 2.51. The number of allylic oxidation sites excluding steroid dienone is 1. The number of aromatic nitrogens is 3. The van der Waals surface area contributed by atoms with Gasteiger partial charge in [-0.1, -0.05) is 6.08 Å². The number of nitrogens with zero attached hydrogens (tertiary/aromatic N) is 3. The minimum Gasteiger partial charge on any atom is -0.257 e. The van der Waals surface area contributed by atoms with E-state index in [1.165, 1.54) is 15.6 Å². The molecule has 0 fully saturated rings. The molecule has 1 rings (SSSR count). The van der Waals surface area contributed by atoms with Crippen LogP contribution in [-0.4, -0.2) is 14.3 Å². The number of rotatable bonds is 1. The summed E-state index contributed by atoms with van der Waals surface area (Å²) in [5.41, 5.74) is -0.127. The minimum atomic E-state index is -0.127. The van der Waals surface area contributed by atoms with Crippen LogP contribution in [0.5, 0.6) is 0 Å². The largest absolute Gasteiger partial charge is 0.349 e. The molecule has 10 heavy (non-hydrogen) atoms. The molecule has 0 spiro atoms. The predicted octanol–water partition coefficient (Wildman–Crippen LogP) is 0.0724. The molecule has 0 radical (unpaired) electrons. The highest BCUT2D eigenvalue weighted by Crippen LogP contribution is 1.77. The summed E-state index contributed by atoms with van der Waals surface area (Å²) < 4.78 is 2.69. The lowest BCUT2D eigenvalue weighted by molar-refractivity contribution is 0.729. The van der Waals surface area contributed by atoms with Gasteiger partial charge in [-0.3, -0.25) is 4.57 Å². The topological polar surface area (TPSA) is 39.8 Å². The molecule has 1 aromatic rings. The van der Waals surface area contributed by atoms with Gasteiger partial charge >= 0.3 is 5.69 Å². The van der Waals surface area contributed by atoms with E-state index in [0.29, 0.717) is 0 Å². The molecule has 0 saturated heterocycles. The molecule has 1 aromatic heterocycles. The van der Waals surface area contributed by atoms with Crippen molar-refractivity contribution < 1.29 is 0 Å². The summed E-state index contributed by atoms with van der Waals surface area (Å²) in [4.78, 5) is 11.0. The maximum atomic E-state index is 11.0. The fraction of sp³-hybridized carbons (Fsp3) is 0.333. The van der Waals surface area contributed by atoms with E-state index in [-0.39, 0.29) is 5.69 Å². The Labute approximate surface area is 58.4 Å². The van der Waals surface area contributed by atoms with Gasteiger partial charge in [-0.15, -0.1) is 0 Å². The Kier molecular flexibility index (Phi) is 1.71. The molecule has 4 heteroatoms. The monoisotopic (exact) mass is 139 g/mol. The van der Waals surface area contributed by atoms with E-state index in [1.54, 1.807) is 19.3 Å². The lowest BCUT2D eigenvalue weighted by Gasteiger charge is -1.83. The molecule has 1 heterocycles. The Balaban J connectivity index is 3.18. The van der Waals surface area contributed by atoms with Crippen molar-refractivity contribution in [2.75, 3.05) is 0 Å². The lowest BCUT2D eigenvalue weighted by atomic mass is 10.7. The van der Waals surface area contributed by atoms with Crippen molar-refractivity contribution >= 4 is 6.20 Å². The quantitative estimate of drug-likeness (QED) is 0.552. The summed E-state index contributed by atoms with van der Waals surface area (Å²) >= 11 is 0. The number of aryl methyl sites for hydroxylation is 1. The lowest BCUT2D eigenvalue weighted by Crippen LogP contribution is -2.19. The van der Waals surface area contributed by atoms with Gasteiger partial charge in [0.15, 0.2) is 0 Å². The minimum absolute atomic E-state index is 0.127. The van der Waals surface area contributed by atoms with E-state index >= 15 is 0 Å². The normalized spacial score (nSPS) is 11.0. The fourth-order valence-corrected chi connectivity index (χ4v) is 0.662. The second-order valence-corrected chi connectivity index (χ2v) is 1.93. The van der Waals surface area contributed by atoms with E-state index in [4.69, 9.17) is 0 Å². The van der Waals surface area contributed by atoms with Gasteiger partial charge in [-0.2, -0.15) is 5.10 Å². The van der Waals surface area contributed by atoms with Gasteiger partial charge in [-0.25, -0.2) is 9.48 Å². The average molecular weight is 139 g/mol. The fourth-order valence-electron chi connectivity index (χ4n) is 0.662. The summed E-state index contributed by atoms with van der Waals surface area (Å²) in [5.74, 6) is 0. The maximum Gasteiger partial charge on any atom is 0.349 e. The van der Waals surface area contributed by atoms with Crippen LogP contribution < -0.4 is 5.69 Å². The van der Waals surface area contributed by atoms with Gasteiger partial charge in [0.1, 0.15) is 6.33 Å². The zero-order valence-corrected chi connectivity index (χ0v) is 5.98. The van der Waals surface area contributed by atoms with E-state index in [2.05, 4.69) is 5.10 Å². The van der Waals surface area contributed by atoms with Crippen LogP contribution in [0.4, 0.5) is 0 Å². The predicted molar refractivity (Wildman–Crippen MR) is 38.5 cm³/mol. The van der Waals surface area contributed by atoms with Crippen molar-refractivity contribution in [1.82, 2.24) is 14.3 Å². The molecule has 0 atom stereocenters. The molecule has 0 aromatic carbocycles. The van der Waals surface area contributed by atoms with Crippen LogP contribution in [0, 0.1) is 0 Å². The highest BCUT2D eigenvalue weighted by Gasteiger charge is 1.93. The first kappa shape index (κ1) is 6.80. The third-order valence-electron chi connectivity index (χ3n) is 1.16. The van der Waals surface area contributed by atoms with Gasteiger partial charge in [0.2, 0.25) is 0 Å². The molecule has 0 aliphatic carbocycles. The zero-order valence-electron chi connectivity index (χ0n) is 5.98. The summed E-state index contributed by atoms with van der Waals surface area (Å²) in [7, 11) is 1.61. The Morgan fingerprint density at radius 1 is 1.70 bits per heavy atom. The maximum absolute atomic E-state index is 11.0. The molecule has 0 saturated carbocycles. The van der Waals surface area contributed by atoms with E-state index in [1.807, 2.05) is 6.92 Å². The molecule has 0 aliphatic rings. The molecule has 54 valence electrons. The zero-order chi connectivity index (χ0) is 7.56. The molecular formula is C6H9N3O. The van der Waals surface area contributed by atoms with Crippen molar-refractivity contribution in [3.05, 3.63) is 22.9 Å². The van der Waals surface area contributed by atoms with Crippen LogP contribution in [0.15, 0.2) is 17.2 Å². The Morgan fingerprint density at radius 3 is 2.80 bits per heavy atom. The van der Waals surface area contributed by atoms with Crippen LogP contribution in [0.2, 0.25) is 0 Å². The third-order valence-corrected chi connectivity index (χ3v) is 1.16. The Hall–Kier alpha value is -1.32. The van der Waals surface area contributed by atoms with Crippen LogP contribution in [0.25, 0.3) is 6.20 Å². The second-order valence-electron chi connectivity index (χ2n) is 1.93. The van der Waals surface area contributed by atoms with Gasteiger partial charge in [0.05, 0.1) is 0 Å². The van der Waals surface area contributed by atoms with Crippen LogP contribution in [-0.2, 0) is 7.05 Å². The smallest absolute Gasteiger partial charge is 0.257 e. The molecular weight excluding hydrogens is 130 g/mol. The van der Waals surface area contributed by atoms with Gasteiger partial charge in [0, 0.05) is 13.2 Å². The highest BCUT2D eigenvalue weighted by molar-refractivity contribution is 5.18. The van der Waals surface area contributed by atoms with Crippen LogP contribution in [0.3, 0.4) is 0 Å². The van der Waals surface area contributed by atoms with Crippen LogP contribution >= 0.6 is 0 Å². The van der Waals surface area contributed by atoms with Gasteiger partial charge < -0.3 is 0 Å².